The second kappa shape index (κ2) is 6.04. The van der Waals surface area contributed by atoms with E-state index in [0.717, 1.165) is 21.8 Å². The van der Waals surface area contributed by atoms with Gasteiger partial charge in [-0.3, -0.25) is 5.10 Å². The molecule has 8 heteroatoms. The Hall–Kier alpha value is -1.22. The Morgan fingerprint density at radius 1 is 1.40 bits per heavy atom. The Morgan fingerprint density at radius 3 is 2.75 bits per heavy atom. The van der Waals surface area contributed by atoms with E-state index in [0.29, 0.717) is 6.61 Å². The van der Waals surface area contributed by atoms with E-state index in [1.54, 1.807) is 12.1 Å². The average Bonchev–Trinajstić information content (AvgIpc) is 2.99. The molecule has 0 aliphatic heterocycles. The van der Waals surface area contributed by atoms with E-state index in [1.165, 1.54) is 18.4 Å². The summed E-state index contributed by atoms with van der Waals surface area (Å²) in [5.74, 6) is 0. The molecule has 0 saturated carbocycles. The largest absolute Gasteiger partial charge is 0.383 e. The van der Waals surface area contributed by atoms with Gasteiger partial charge < -0.3 is 4.74 Å². The van der Waals surface area contributed by atoms with Crippen LogP contribution in [-0.2, 0) is 14.8 Å². The minimum absolute atomic E-state index is 0.257. The molecule has 0 spiro atoms. The Labute approximate surface area is 122 Å². The molecule has 110 valence electrons. The first-order valence-electron chi connectivity index (χ1n) is 6.06. The van der Waals surface area contributed by atoms with E-state index < -0.39 is 10.0 Å². The number of aryl methyl sites for hydroxylation is 1. The van der Waals surface area contributed by atoms with E-state index in [9.17, 15) is 8.42 Å². The predicted molar refractivity (Wildman–Crippen MR) is 78.4 cm³/mol. The minimum atomic E-state index is -3.48. The maximum Gasteiger partial charge on any atom is 0.250 e. The fraction of sp³-hybridized carbons (Fsp3) is 0.417. The standard InChI is InChI=1S/C12H17N3O3S2/c1-8-9(2)14-15-12(8)10-4-5-11(19-10)20(16,17)13-6-7-18-3/h4-5,13H,6-7H2,1-3H3,(H,14,15). The van der Waals surface area contributed by atoms with Crippen molar-refractivity contribution < 1.29 is 13.2 Å². The first kappa shape index (κ1) is 15.2. The summed E-state index contributed by atoms with van der Waals surface area (Å²) in [4.78, 5) is 0.832. The number of methoxy groups -OCH3 is 1. The van der Waals surface area contributed by atoms with Gasteiger partial charge in [-0.05, 0) is 31.5 Å². The number of sulfonamides is 1. The van der Waals surface area contributed by atoms with E-state index in [4.69, 9.17) is 4.74 Å². The summed E-state index contributed by atoms with van der Waals surface area (Å²) in [5.41, 5.74) is 2.81. The van der Waals surface area contributed by atoms with Gasteiger partial charge >= 0.3 is 0 Å². The van der Waals surface area contributed by atoms with Crippen LogP contribution in [0.2, 0.25) is 0 Å². The third-order valence-corrected chi connectivity index (χ3v) is 5.98. The SMILES string of the molecule is COCCNS(=O)(=O)c1ccc(-c2n[nH]c(C)c2C)s1. The lowest BCUT2D eigenvalue weighted by Crippen LogP contribution is -2.26. The fourth-order valence-corrected chi connectivity index (χ4v) is 4.08. The van der Waals surface area contributed by atoms with Gasteiger partial charge in [-0.1, -0.05) is 0 Å². The van der Waals surface area contributed by atoms with Crippen molar-refractivity contribution >= 4 is 21.4 Å². The van der Waals surface area contributed by atoms with Crippen molar-refractivity contribution in [3.8, 4) is 10.6 Å². The van der Waals surface area contributed by atoms with Gasteiger partial charge in [-0.25, -0.2) is 13.1 Å². The minimum Gasteiger partial charge on any atom is -0.383 e. The molecule has 0 aliphatic rings. The fourth-order valence-electron chi connectivity index (χ4n) is 1.67. The van der Waals surface area contributed by atoms with Crippen molar-refractivity contribution in [3.05, 3.63) is 23.4 Å². The highest BCUT2D eigenvalue weighted by molar-refractivity contribution is 7.91. The van der Waals surface area contributed by atoms with E-state index in [2.05, 4.69) is 14.9 Å². The van der Waals surface area contributed by atoms with Crippen LogP contribution in [0.1, 0.15) is 11.3 Å². The maximum atomic E-state index is 12.1. The van der Waals surface area contributed by atoms with Crippen molar-refractivity contribution in [2.75, 3.05) is 20.3 Å². The van der Waals surface area contributed by atoms with Crippen molar-refractivity contribution in [1.82, 2.24) is 14.9 Å². The van der Waals surface area contributed by atoms with Crippen molar-refractivity contribution in [2.24, 2.45) is 0 Å². The van der Waals surface area contributed by atoms with Crippen molar-refractivity contribution in [3.63, 3.8) is 0 Å². The lowest BCUT2D eigenvalue weighted by molar-refractivity contribution is 0.204. The summed E-state index contributed by atoms with van der Waals surface area (Å²) in [6.45, 7) is 4.49. The molecule has 2 aromatic rings. The van der Waals surface area contributed by atoms with E-state index in [-0.39, 0.29) is 10.8 Å². The van der Waals surface area contributed by atoms with Gasteiger partial charge in [0, 0.05) is 19.3 Å². The summed E-state index contributed by atoms with van der Waals surface area (Å²) < 4.78 is 31.7. The van der Waals surface area contributed by atoms with Crippen LogP contribution in [-0.4, -0.2) is 38.9 Å². The second-order valence-electron chi connectivity index (χ2n) is 4.33. The van der Waals surface area contributed by atoms with Gasteiger partial charge in [0.15, 0.2) is 0 Å². The van der Waals surface area contributed by atoms with Gasteiger partial charge in [0.2, 0.25) is 10.0 Å². The molecular weight excluding hydrogens is 298 g/mol. The summed E-state index contributed by atoms with van der Waals surface area (Å²) in [6, 6.07) is 3.37. The lowest BCUT2D eigenvalue weighted by Gasteiger charge is -2.03. The van der Waals surface area contributed by atoms with Crippen molar-refractivity contribution in [2.45, 2.75) is 18.1 Å². The van der Waals surface area contributed by atoms with Gasteiger partial charge in [0.05, 0.1) is 11.5 Å². The Kier molecular flexibility index (Phi) is 4.59. The Balaban J connectivity index is 2.23. The number of hydrogen-bond donors (Lipinski definition) is 2. The van der Waals surface area contributed by atoms with Crippen LogP contribution in [0.3, 0.4) is 0 Å². The smallest absolute Gasteiger partial charge is 0.250 e. The number of thiophene rings is 1. The van der Waals surface area contributed by atoms with Gasteiger partial charge in [-0.15, -0.1) is 11.3 Å². The Bertz CT molecular complexity index is 689. The molecular formula is C12H17N3O3S2. The highest BCUT2D eigenvalue weighted by atomic mass is 32.2. The highest BCUT2D eigenvalue weighted by Gasteiger charge is 2.18. The molecule has 2 heterocycles. The summed E-state index contributed by atoms with van der Waals surface area (Å²) >= 11 is 1.20. The van der Waals surface area contributed by atoms with Gasteiger partial charge in [0.25, 0.3) is 0 Å². The molecule has 6 nitrogen and oxygen atoms in total. The van der Waals surface area contributed by atoms with E-state index >= 15 is 0 Å². The summed E-state index contributed by atoms with van der Waals surface area (Å²) in [6.07, 6.45) is 0. The number of hydrogen-bond acceptors (Lipinski definition) is 5. The zero-order valence-electron chi connectivity index (χ0n) is 11.6. The van der Waals surface area contributed by atoms with Crippen LogP contribution in [0.25, 0.3) is 10.6 Å². The quantitative estimate of drug-likeness (QED) is 0.794. The number of aromatic amines is 1. The summed E-state index contributed by atoms with van der Waals surface area (Å²) in [7, 11) is -1.95. The number of rotatable bonds is 6. The molecule has 0 atom stereocenters. The number of nitrogens with one attached hydrogen (secondary N) is 2. The van der Waals surface area contributed by atoms with E-state index in [1.807, 2.05) is 13.8 Å². The van der Waals surface area contributed by atoms with Gasteiger partial charge in [0.1, 0.15) is 9.90 Å². The average molecular weight is 315 g/mol. The molecule has 0 saturated heterocycles. The van der Waals surface area contributed by atoms with Crippen LogP contribution in [0.4, 0.5) is 0 Å². The molecule has 0 radical (unpaired) electrons. The molecule has 20 heavy (non-hydrogen) atoms. The van der Waals surface area contributed by atoms with Crippen LogP contribution >= 0.6 is 11.3 Å². The molecule has 2 aromatic heterocycles. The lowest BCUT2D eigenvalue weighted by atomic mass is 10.2. The molecule has 0 amide bonds. The third-order valence-electron chi connectivity index (χ3n) is 2.93. The third kappa shape index (κ3) is 3.09. The molecule has 0 unspecified atom stereocenters. The monoisotopic (exact) mass is 315 g/mol. The zero-order valence-corrected chi connectivity index (χ0v) is 13.2. The second-order valence-corrected chi connectivity index (χ2v) is 7.41. The van der Waals surface area contributed by atoms with Crippen LogP contribution in [0, 0.1) is 13.8 Å². The molecule has 0 bridgehead atoms. The van der Waals surface area contributed by atoms with Crippen molar-refractivity contribution in [1.29, 1.82) is 0 Å². The number of H-pyrrole nitrogens is 1. The van der Waals surface area contributed by atoms with Crippen LogP contribution in [0.5, 0.6) is 0 Å². The topological polar surface area (TPSA) is 84.1 Å². The summed E-state index contributed by atoms with van der Waals surface area (Å²) in [5, 5.41) is 7.11. The molecule has 2 N–H and O–H groups in total. The van der Waals surface area contributed by atoms with Crippen LogP contribution in [0.15, 0.2) is 16.3 Å². The zero-order chi connectivity index (χ0) is 14.8. The maximum absolute atomic E-state index is 12.1. The first-order valence-corrected chi connectivity index (χ1v) is 8.36. The van der Waals surface area contributed by atoms with Gasteiger partial charge in [-0.2, -0.15) is 5.10 Å². The Morgan fingerprint density at radius 2 is 2.15 bits per heavy atom. The number of ether oxygens (including phenoxy) is 1. The number of nitrogens with zero attached hydrogens (tertiary/aromatic N) is 1. The highest BCUT2D eigenvalue weighted by Crippen LogP contribution is 2.31. The predicted octanol–water partition coefficient (Wildman–Crippen LogP) is 1.68. The number of aromatic nitrogens is 2. The molecule has 0 fully saturated rings. The van der Waals surface area contributed by atoms with Crippen LogP contribution < -0.4 is 4.72 Å². The molecule has 2 rings (SSSR count). The molecule has 0 aliphatic carbocycles. The molecule has 0 aromatic carbocycles. The first-order chi connectivity index (χ1) is 9.45. The normalized spacial score (nSPS) is 11.9.